The minimum atomic E-state index is -0.799. The van der Waals surface area contributed by atoms with Crippen molar-refractivity contribution in [2.75, 3.05) is 23.7 Å². The number of nitriles is 2. The van der Waals surface area contributed by atoms with Gasteiger partial charge in [-0.15, -0.1) is 0 Å². The van der Waals surface area contributed by atoms with E-state index in [1.165, 1.54) is 48.5 Å². The van der Waals surface area contributed by atoms with Gasteiger partial charge in [0.1, 0.15) is 25.2 Å². The van der Waals surface area contributed by atoms with Crippen molar-refractivity contribution in [2.45, 2.75) is 52.6 Å². The first-order valence-corrected chi connectivity index (χ1v) is 14.1. The highest BCUT2D eigenvalue weighted by Gasteiger charge is 2.23. The van der Waals surface area contributed by atoms with Gasteiger partial charge in [-0.05, 0) is 73.2 Å². The van der Waals surface area contributed by atoms with E-state index in [1.54, 1.807) is 0 Å². The van der Waals surface area contributed by atoms with E-state index in [1.807, 2.05) is 39.8 Å². The molecule has 0 aromatic heterocycles. The minimum absolute atomic E-state index is 0.127. The summed E-state index contributed by atoms with van der Waals surface area (Å²) in [6.07, 6.45) is 0.793. The number of hydrogen-bond acceptors (Lipinski definition) is 7. The fourth-order valence-electron chi connectivity index (χ4n) is 4.09. The van der Waals surface area contributed by atoms with Gasteiger partial charge in [0.15, 0.2) is 0 Å². The number of carbonyl (C=O) groups is 5. The maximum absolute atomic E-state index is 12.7. The van der Waals surface area contributed by atoms with E-state index in [4.69, 9.17) is 10.5 Å². The Morgan fingerprint density at radius 1 is 0.614 bits per heavy atom. The van der Waals surface area contributed by atoms with Crippen molar-refractivity contribution in [1.29, 1.82) is 10.5 Å². The highest BCUT2D eigenvalue weighted by Crippen LogP contribution is 2.14. The molecule has 2 aromatic rings. The van der Waals surface area contributed by atoms with Crippen LogP contribution in [0.1, 0.15) is 61.3 Å². The molecule has 0 saturated heterocycles. The molecule has 0 heterocycles. The van der Waals surface area contributed by atoms with E-state index in [-0.39, 0.29) is 36.1 Å². The van der Waals surface area contributed by atoms with Gasteiger partial charge in [0.25, 0.3) is 11.8 Å². The average Bonchev–Trinajstić information content (AvgIpc) is 2.98. The Labute approximate surface area is 256 Å². The first-order chi connectivity index (χ1) is 20.9. The maximum atomic E-state index is 12.7. The lowest BCUT2D eigenvalue weighted by Crippen LogP contribution is -2.47. The van der Waals surface area contributed by atoms with Crippen molar-refractivity contribution in [3.63, 3.8) is 0 Å². The van der Waals surface area contributed by atoms with Gasteiger partial charge >= 0.3 is 6.03 Å². The molecule has 2 atom stereocenters. The van der Waals surface area contributed by atoms with Crippen LogP contribution >= 0.6 is 0 Å². The molecule has 0 radical (unpaired) electrons. The zero-order valence-corrected chi connectivity index (χ0v) is 25.2. The molecule has 0 aliphatic rings. The molecule has 0 spiro atoms. The highest BCUT2D eigenvalue weighted by atomic mass is 16.2. The first kappa shape index (κ1) is 34.8. The predicted octanol–water partition coefficient (Wildman–Crippen LogP) is 2.90. The van der Waals surface area contributed by atoms with Crippen molar-refractivity contribution in [3.8, 4) is 12.1 Å². The predicted molar refractivity (Wildman–Crippen MR) is 164 cm³/mol. The SMILES string of the molecule is CC(C)CC(NC(=O)c1ccc(NC(=O)Nc2ccc(C(=O)NC(CC(C)C)C(=O)NCC#N)cc2)cc1)C(=O)NCC#N. The molecule has 13 nitrogen and oxygen atoms in total. The molecule has 13 heteroatoms. The van der Waals surface area contributed by atoms with Gasteiger partial charge in [0.05, 0.1) is 12.1 Å². The maximum Gasteiger partial charge on any atom is 0.323 e. The molecule has 0 aliphatic carbocycles. The summed E-state index contributed by atoms with van der Waals surface area (Å²) in [7, 11) is 0. The number of carbonyl (C=O) groups excluding carboxylic acids is 5. The smallest absolute Gasteiger partial charge is 0.323 e. The van der Waals surface area contributed by atoms with E-state index in [9.17, 15) is 24.0 Å². The summed E-state index contributed by atoms with van der Waals surface area (Å²) in [6, 6.07) is 13.7. The number of hydrogen-bond donors (Lipinski definition) is 6. The van der Waals surface area contributed by atoms with Crippen LogP contribution in [0, 0.1) is 34.5 Å². The van der Waals surface area contributed by atoms with Crippen LogP contribution in [0.2, 0.25) is 0 Å². The fourth-order valence-corrected chi connectivity index (χ4v) is 4.09. The largest absolute Gasteiger partial charge is 0.341 e. The van der Waals surface area contributed by atoms with Gasteiger partial charge in [0.2, 0.25) is 11.8 Å². The Kier molecular flexibility index (Phi) is 13.8. The number of nitrogens with one attached hydrogen (secondary N) is 6. The summed E-state index contributed by atoms with van der Waals surface area (Å²) in [5.41, 5.74) is 1.38. The Morgan fingerprint density at radius 2 is 0.955 bits per heavy atom. The summed E-state index contributed by atoms with van der Waals surface area (Å²) < 4.78 is 0. The van der Waals surface area contributed by atoms with Crippen molar-refractivity contribution < 1.29 is 24.0 Å². The van der Waals surface area contributed by atoms with Crippen LogP contribution in [-0.4, -0.2) is 54.8 Å². The molecule has 6 amide bonds. The molecule has 44 heavy (non-hydrogen) atoms. The highest BCUT2D eigenvalue weighted by molar-refractivity contribution is 6.02. The van der Waals surface area contributed by atoms with E-state index in [2.05, 4.69) is 31.9 Å². The van der Waals surface area contributed by atoms with Crippen LogP contribution in [0.15, 0.2) is 48.5 Å². The number of urea groups is 1. The van der Waals surface area contributed by atoms with E-state index in [0.717, 1.165) is 0 Å². The second-order valence-corrected chi connectivity index (χ2v) is 10.8. The Morgan fingerprint density at radius 3 is 1.25 bits per heavy atom. The number of nitrogens with zero attached hydrogens (tertiary/aromatic N) is 2. The molecule has 232 valence electrons. The minimum Gasteiger partial charge on any atom is -0.341 e. The molecule has 2 rings (SSSR count). The lowest BCUT2D eigenvalue weighted by Gasteiger charge is -2.19. The van der Waals surface area contributed by atoms with Crippen molar-refractivity contribution in [1.82, 2.24) is 21.3 Å². The molecule has 2 aromatic carbocycles. The zero-order valence-electron chi connectivity index (χ0n) is 25.2. The van der Waals surface area contributed by atoms with Gasteiger partial charge in [0, 0.05) is 22.5 Å². The van der Waals surface area contributed by atoms with Gasteiger partial charge < -0.3 is 31.9 Å². The van der Waals surface area contributed by atoms with Crippen LogP contribution in [-0.2, 0) is 9.59 Å². The van der Waals surface area contributed by atoms with E-state index < -0.39 is 41.7 Å². The lowest BCUT2D eigenvalue weighted by atomic mass is 10.0. The van der Waals surface area contributed by atoms with Gasteiger partial charge in [-0.2, -0.15) is 10.5 Å². The van der Waals surface area contributed by atoms with Crippen LogP contribution < -0.4 is 31.9 Å². The quantitative estimate of drug-likeness (QED) is 0.178. The summed E-state index contributed by atoms with van der Waals surface area (Å²) in [4.78, 5) is 62.7. The topological polar surface area (TPSA) is 205 Å². The summed E-state index contributed by atoms with van der Waals surface area (Å²) in [6.45, 7) is 7.35. The van der Waals surface area contributed by atoms with Crippen molar-refractivity contribution in [2.24, 2.45) is 11.8 Å². The third-order valence-electron chi connectivity index (χ3n) is 6.15. The Bertz CT molecular complexity index is 1290. The molecule has 2 unspecified atom stereocenters. The summed E-state index contributed by atoms with van der Waals surface area (Å²) in [5.74, 6) is -1.56. The Balaban J connectivity index is 1.95. The van der Waals surface area contributed by atoms with Crippen molar-refractivity contribution >= 4 is 41.0 Å². The standard InChI is InChI=1S/C31H38N8O5/c1-19(2)17-25(29(42)34-15-13-32)38-27(40)21-5-9-23(10-6-21)36-31(44)37-24-11-7-22(8-12-24)28(41)39-26(18-20(3)4)30(43)35-16-14-33/h5-12,19-20,25-26H,15-18H2,1-4H3,(H,34,42)(H,35,43)(H,38,40)(H,39,41)(H2,36,37,44). The molecule has 0 fully saturated rings. The van der Waals surface area contributed by atoms with Crippen LogP contribution in [0.3, 0.4) is 0 Å². The second kappa shape index (κ2) is 17.5. The van der Waals surface area contributed by atoms with Crippen molar-refractivity contribution in [3.05, 3.63) is 59.7 Å². The summed E-state index contributed by atoms with van der Waals surface area (Å²) in [5, 5.41) is 33.0. The normalized spacial score (nSPS) is 11.7. The molecular weight excluding hydrogens is 564 g/mol. The van der Waals surface area contributed by atoms with Crippen LogP contribution in [0.25, 0.3) is 0 Å². The molecule has 0 saturated carbocycles. The number of anilines is 2. The van der Waals surface area contributed by atoms with Gasteiger partial charge in [-0.1, -0.05) is 27.7 Å². The van der Waals surface area contributed by atoms with Crippen LogP contribution in [0.4, 0.5) is 16.2 Å². The molecule has 0 bridgehead atoms. The second-order valence-electron chi connectivity index (χ2n) is 10.8. The fraction of sp³-hybridized carbons (Fsp3) is 0.387. The summed E-state index contributed by atoms with van der Waals surface area (Å²) >= 11 is 0. The molecule has 0 aliphatic heterocycles. The van der Waals surface area contributed by atoms with Gasteiger partial charge in [-0.3, -0.25) is 19.2 Å². The first-order valence-electron chi connectivity index (χ1n) is 14.1. The third kappa shape index (κ3) is 11.8. The molecule has 6 N–H and O–H groups in total. The zero-order chi connectivity index (χ0) is 32.6. The van der Waals surface area contributed by atoms with Gasteiger partial charge in [-0.25, -0.2) is 4.79 Å². The molecular formula is C31H38N8O5. The Hall–Kier alpha value is -5.43. The number of amides is 6. The number of benzene rings is 2. The van der Waals surface area contributed by atoms with E-state index >= 15 is 0 Å². The third-order valence-corrected chi connectivity index (χ3v) is 6.15. The van der Waals surface area contributed by atoms with Crippen LogP contribution in [0.5, 0.6) is 0 Å². The monoisotopic (exact) mass is 602 g/mol. The average molecular weight is 603 g/mol. The number of rotatable bonds is 14. The lowest BCUT2D eigenvalue weighted by molar-refractivity contribution is -0.123. The van der Waals surface area contributed by atoms with E-state index in [0.29, 0.717) is 24.2 Å².